The maximum atomic E-state index is 12.2. The zero-order valence-electron chi connectivity index (χ0n) is 12.5. The van der Waals surface area contributed by atoms with Crippen molar-refractivity contribution in [1.29, 1.82) is 0 Å². The number of carbonyl (C=O) groups is 1. The number of aryl methyl sites for hydroxylation is 1. The smallest absolute Gasteiger partial charge is 0.148 e. The number of ketones is 1. The number of thioether (sulfide) groups is 1. The molecule has 112 valence electrons. The van der Waals surface area contributed by atoms with Crippen molar-refractivity contribution in [1.82, 2.24) is 9.78 Å². The van der Waals surface area contributed by atoms with Gasteiger partial charge in [-0.2, -0.15) is 16.9 Å². The van der Waals surface area contributed by atoms with Crippen LogP contribution in [0.4, 0.5) is 0 Å². The molecule has 2 aromatic rings. The Balaban J connectivity index is 1.61. The second-order valence-corrected chi connectivity index (χ2v) is 7.16. The summed E-state index contributed by atoms with van der Waals surface area (Å²) in [4.78, 5) is 12.2. The number of fused-ring (bicyclic) bond motifs is 1. The first-order chi connectivity index (χ1) is 10.2. The van der Waals surface area contributed by atoms with Gasteiger partial charge in [-0.15, -0.1) is 0 Å². The van der Waals surface area contributed by atoms with Gasteiger partial charge in [0, 0.05) is 17.7 Å². The first-order valence-corrected chi connectivity index (χ1v) is 8.83. The summed E-state index contributed by atoms with van der Waals surface area (Å²) in [5.41, 5.74) is 2.02. The maximum Gasteiger partial charge on any atom is 0.148 e. The summed E-state index contributed by atoms with van der Waals surface area (Å²) < 4.78 is 1.87. The van der Waals surface area contributed by atoms with Crippen molar-refractivity contribution >= 4 is 28.4 Å². The largest absolute Gasteiger partial charge is 0.298 e. The standard InChI is InChI=1S/C17H22N2OS/c1-19-17-10-6-5-9-15(17)16(18-19)11-13(20)12-21-14-7-3-2-4-8-14/h5-6,9-10,14H,2-4,7-8,11-12H2,1H3. The number of para-hydroxylation sites is 1. The molecular weight excluding hydrogens is 280 g/mol. The topological polar surface area (TPSA) is 34.9 Å². The normalized spacial score (nSPS) is 16.4. The van der Waals surface area contributed by atoms with Gasteiger partial charge in [0.15, 0.2) is 0 Å². The molecule has 1 heterocycles. The molecular formula is C17H22N2OS. The summed E-state index contributed by atoms with van der Waals surface area (Å²) in [7, 11) is 1.94. The molecule has 0 saturated heterocycles. The Kier molecular flexibility index (Phi) is 4.63. The molecule has 0 N–H and O–H groups in total. The molecule has 1 aliphatic rings. The average Bonchev–Trinajstić information content (AvgIpc) is 2.83. The summed E-state index contributed by atoms with van der Waals surface area (Å²) in [5.74, 6) is 0.935. The van der Waals surface area contributed by atoms with Crippen LogP contribution < -0.4 is 0 Å². The predicted molar refractivity (Wildman–Crippen MR) is 88.8 cm³/mol. The van der Waals surface area contributed by atoms with Crippen LogP contribution in [-0.4, -0.2) is 26.6 Å². The lowest BCUT2D eigenvalue weighted by molar-refractivity contribution is -0.116. The summed E-state index contributed by atoms with van der Waals surface area (Å²) in [6.45, 7) is 0. The molecule has 21 heavy (non-hydrogen) atoms. The molecule has 1 aliphatic carbocycles. The van der Waals surface area contributed by atoms with E-state index < -0.39 is 0 Å². The third-order valence-corrected chi connectivity index (χ3v) is 5.66. The first-order valence-electron chi connectivity index (χ1n) is 7.78. The SMILES string of the molecule is Cn1nc(CC(=O)CSC2CCCCC2)c2ccccc21. The van der Waals surface area contributed by atoms with Gasteiger partial charge in [-0.05, 0) is 18.9 Å². The van der Waals surface area contributed by atoms with E-state index in [0.717, 1.165) is 16.6 Å². The fraction of sp³-hybridized carbons (Fsp3) is 0.529. The van der Waals surface area contributed by atoms with E-state index in [1.54, 1.807) is 0 Å². The highest BCUT2D eigenvalue weighted by molar-refractivity contribution is 8.00. The number of aromatic nitrogens is 2. The van der Waals surface area contributed by atoms with Crippen LogP contribution in [-0.2, 0) is 18.3 Å². The van der Waals surface area contributed by atoms with E-state index in [1.807, 2.05) is 41.7 Å². The molecule has 1 aromatic heterocycles. The van der Waals surface area contributed by atoms with E-state index in [2.05, 4.69) is 11.2 Å². The third-order valence-electron chi connectivity index (χ3n) is 4.23. The molecule has 1 fully saturated rings. The zero-order valence-corrected chi connectivity index (χ0v) is 13.4. The second-order valence-electron chi connectivity index (χ2n) is 5.87. The lowest BCUT2D eigenvalue weighted by Crippen LogP contribution is -2.13. The van der Waals surface area contributed by atoms with E-state index in [9.17, 15) is 4.79 Å². The Bertz CT molecular complexity index is 629. The number of hydrogen-bond donors (Lipinski definition) is 0. The van der Waals surface area contributed by atoms with Gasteiger partial charge < -0.3 is 0 Å². The van der Waals surface area contributed by atoms with Crippen molar-refractivity contribution in [2.45, 2.75) is 43.8 Å². The summed E-state index contributed by atoms with van der Waals surface area (Å²) in [6, 6.07) is 8.12. The van der Waals surface area contributed by atoms with Crippen LogP contribution in [0.5, 0.6) is 0 Å². The van der Waals surface area contributed by atoms with Crippen LogP contribution in [0.15, 0.2) is 24.3 Å². The lowest BCUT2D eigenvalue weighted by atomic mass is 10.0. The van der Waals surface area contributed by atoms with E-state index in [-0.39, 0.29) is 0 Å². The highest BCUT2D eigenvalue weighted by Crippen LogP contribution is 2.28. The quantitative estimate of drug-likeness (QED) is 0.843. The van der Waals surface area contributed by atoms with Crippen LogP contribution in [0.25, 0.3) is 10.9 Å². The van der Waals surface area contributed by atoms with Gasteiger partial charge in [-0.3, -0.25) is 9.48 Å². The predicted octanol–water partition coefficient (Wildman–Crippen LogP) is 3.75. The van der Waals surface area contributed by atoms with Gasteiger partial charge >= 0.3 is 0 Å². The lowest BCUT2D eigenvalue weighted by Gasteiger charge is -2.20. The Labute approximate surface area is 130 Å². The molecule has 3 nitrogen and oxygen atoms in total. The highest BCUT2D eigenvalue weighted by atomic mass is 32.2. The van der Waals surface area contributed by atoms with Crippen molar-refractivity contribution in [3.63, 3.8) is 0 Å². The summed E-state index contributed by atoms with van der Waals surface area (Å²) in [5, 5.41) is 6.32. The van der Waals surface area contributed by atoms with Crippen molar-refractivity contribution in [2.24, 2.45) is 7.05 Å². The fourth-order valence-electron chi connectivity index (χ4n) is 3.10. The van der Waals surface area contributed by atoms with Crippen LogP contribution in [0.2, 0.25) is 0 Å². The van der Waals surface area contributed by atoms with Crippen LogP contribution in [0.3, 0.4) is 0 Å². The van der Waals surface area contributed by atoms with Crippen molar-refractivity contribution < 1.29 is 4.79 Å². The third kappa shape index (κ3) is 3.49. The van der Waals surface area contributed by atoms with Crippen molar-refractivity contribution in [2.75, 3.05) is 5.75 Å². The minimum Gasteiger partial charge on any atom is -0.298 e. The average molecular weight is 302 g/mol. The fourth-order valence-corrected chi connectivity index (χ4v) is 4.29. The molecule has 0 bridgehead atoms. The molecule has 0 amide bonds. The van der Waals surface area contributed by atoms with Crippen LogP contribution >= 0.6 is 11.8 Å². The molecule has 0 unspecified atom stereocenters. The minimum atomic E-state index is 0.300. The maximum absolute atomic E-state index is 12.2. The van der Waals surface area contributed by atoms with Crippen molar-refractivity contribution in [3.8, 4) is 0 Å². The highest BCUT2D eigenvalue weighted by Gasteiger charge is 2.17. The molecule has 4 heteroatoms. The van der Waals surface area contributed by atoms with Gasteiger partial charge in [0.2, 0.25) is 0 Å². The number of nitrogens with zero attached hydrogens (tertiary/aromatic N) is 2. The Morgan fingerprint density at radius 1 is 1.29 bits per heavy atom. The van der Waals surface area contributed by atoms with Gasteiger partial charge in [0.25, 0.3) is 0 Å². The van der Waals surface area contributed by atoms with Gasteiger partial charge in [-0.1, -0.05) is 37.5 Å². The van der Waals surface area contributed by atoms with Gasteiger partial charge in [0.1, 0.15) is 5.78 Å². The number of benzene rings is 1. The number of rotatable bonds is 5. The molecule has 0 radical (unpaired) electrons. The van der Waals surface area contributed by atoms with Gasteiger partial charge in [0.05, 0.1) is 23.4 Å². The molecule has 0 spiro atoms. The molecule has 3 rings (SSSR count). The molecule has 0 aliphatic heterocycles. The van der Waals surface area contributed by atoms with Gasteiger partial charge in [-0.25, -0.2) is 0 Å². The molecule has 0 atom stereocenters. The first kappa shape index (κ1) is 14.6. The minimum absolute atomic E-state index is 0.300. The monoisotopic (exact) mass is 302 g/mol. The van der Waals surface area contributed by atoms with E-state index in [0.29, 0.717) is 23.2 Å². The number of carbonyl (C=O) groups excluding carboxylic acids is 1. The van der Waals surface area contributed by atoms with E-state index in [1.165, 1.54) is 32.1 Å². The van der Waals surface area contributed by atoms with E-state index >= 15 is 0 Å². The summed E-state index contributed by atoms with van der Waals surface area (Å²) in [6.07, 6.45) is 7.05. The van der Waals surface area contributed by atoms with Crippen LogP contribution in [0.1, 0.15) is 37.8 Å². The second kappa shape index (κ2) is 6.65. The molecule has 1 saturated carbocycles. The van der Waals surface area contributed by atoms with Crippen molar-refractivity contribution in [3.05, 3.63) is 30.0 Å². The van der Waals surface area contributed by atoms with E-state index in [4.69, 9.17) is 0 Å². The zero-order chi connectivity index (χ0) is 14.7. The Morgan fingerprint density at radius 3 is 2.86 bits per heavy atom. The molecule has 1 aromatic carbocycles. The van der Waals surface area contributed by atoms with Crippen LogP contribution in [0, 0.1) is 0 Å². The number of Topliss-reactive ketones (excluding diaryl/α,β-unsaturated/α-hetero) is 1. The number of hydrogen-bond acceptors (Lipinski definition) is 3. The Morgan fingerprint density at radius 2 is 2.05 bits per heavy atom. The summed E-state index contributed by atoms with van der Waals surface area (Å²) >= 11 is 1.85. The Hall–Kier alpha value is -1.29.